The van der Waals surface area contributed by atoms with E-state index in [2.05, 4.69) is 27.2 Å². The average molecular weight is 370 g/mol. The van der Waals surface area contributed by atoms with Crippen molar-refractivity contribution in [2.75, 3.05) is 12.4 Å². The van der Waals surface area contributed by atoms with E-state index < -0.39 is 5.91 Å². The van der Waals surface area contributed by atoms with Gasteiger partial charge in [0.15, 0.2) is 0 Å². The lowest BCUT2D eigenvalue weighted by Crippen LogP contribution is -2.14. The number of H-pyrrole nitrogens is 1. The van der Waals surface area contributed by atoms with E-state index in [4.69, 9.17) is 17.3 Å². The van der Waals surface area contributed by atoms with Gasteiger partial charge >= 0.3 is 0 Å². The summed E-state index contributed by atoms with van der Waals surface area (Å²) >= 11 is 6.15. The summed E-state index contributed by atoms with van der Waals surface area (Å²) < 4.78 is 0. The van der Waals surface area contributed by atoms with Crippen molar-refractivity contribution < 1.29 is 4.79 Å². The molecular formula is C19H20ClN5O. The first-order chi connectivity index (χ1) is 12.5. The molecule has 0 spiro atoms. The van der Waals surface area contributed by atoms with Crippen LogP contribution in [-0.4, -0.2) is 27.9 Å². The number of nitrogens with two attached hydrogens (primary N) is 1. The van der Waals surface area contributed by atoms with E-state index in [0.717, 1.165) is 17.5 Å². The van der Waals surface area contributed by atoms with Gasteiger partial charge in [-0.05, 0) is 41.3 Å². The summed E-state index contributed by atoms with van der Waals surface area (Å²) in [5, 5.41) is 3.64. The van der Waals surface area contributed by atoms with Gasteiger partial charge in [0.25, 0.3) is 5.91 Å². The van der Waals surface area contributed by atoms with E-state index in [0.29, 0.717) is 34.3 Å². The van der Waals surface area contributed by atoms with Crippen molar-refractivity contribution in [3.8, 4) is 11.4 Å². The molecule has 0 radical (unpaired) electrons. The minimum Gasteiger partial charge on any atom is -0.373 e. The topological polar surface area (TPSA) is 96.7 Å². The van der Waals surface area contributed by atoms with Gasteiger partial charge in [-0.15, -0.1) is 0 Å². The smallest absolute Gasteiger partial charge is 0.265 e. The Labute approximate surface area is 156 Å². The zero-order chi connectivity index (χ0) is 18.7. The summed E-state index contributed by atoms with van der Waals surface area (Å²) in [5.74, 6) is 0.184. The largest absolute Gasteiger partial charge is 0.373 e. The van der Waals surface area contributed by atoms with Crippen molar-refractivity contribution in [2.24, 2.45) is 5.73 Å². The fraction of sp³-hybridized carbons (Fsp3) is 0.211. The number of nitrogens with zero attached hydrogens (tertiary/aromatic N) is 2. The van der Waals surface area contributed by atoms with Crippen LogP contribution in [0.1, 0.15) is 34.1 Å². The fourth-order valence-corrected chi connectivity index (χ4v) is 3.14. The molecule has 4 N–H and O–H groups in total. The standard InChI is InChI=1S/C19H20ClN5O/c1-3-11-4-5-14(20)7-12(11)6-13-8-16(25-18(13)19(21)26)15-9-17(22-2)24-10-23-15/h4-5,7-10,25H,3,6H2,1-2H3,(H2,21,26)(H,22,23,24). The van der Waals surface area contributed by atoms with Crippen LogP contribution in [0, 0.1) is 0 Å². The summed E-state index contributed by atoms with van der Waals surface area (Å²) in [6, 6.07) is 9.53. The van der Waals surface area contributed by atoms with Crippen molar-refractivity contribution in [3.63, 3.8) is 0 Å². The molecule has 0 unspecified atom stereocenters. The van der Waals surface area contributed by atoms with Crippen LogP contribution in [-0.2, 0) is 12.8 Å². The first-order valence-electron chi connectivity index (χ1n) is 8.31. The molecule has 0 aliphatic carbocycles. The lowest BCUT2D eigenvalue weighted by Gasteiger charge is -2.08. The number of primary amides is 1. The molecule has 0 fully saturated rings. The monoisotopic (exact) mass is 369 g/mol. The van der Waals surface area contributed by atoms with E-state index in [1.807, 2.05) is 24.3 Å². The predicted octanol–water partition coefficient (Wildman–Crippen LogP) is 3.42. The van der Waals surface area contributed by atoms with Gasteiger partial charge in [-0.25, -0.2) is 9.97 Å². The number of hydrogen-bond donors (Lipinski definition) is 3. The number of nitrogens with one attached hydrogen (secondary N) is 2. The van der Waals surface area contributed by atoms with Gasteiger partial charge in [0, 0.05) is 24.6 Å². The van der Waals surface area contributed by atoms with E-state index in [9.17, 15) is 4.79 Å². The number of benzene rings is 1. The Bertz CT molecular complexity index is 951. The Hall–Kier alpha value is -2.86. The number of aromatic amines is 1. The second-order valence-electron chi connectivity index (χ2n) is 5.93. The zero-order valence-electron chi connectivity index (χ0n) is 14.6. The molecule has 0 aliphatic rings. The van der Waals surface area contributed by atoms with Crippen molar-refractivity contribution in [3.05, 3.63) is 64.1 Å². The number of carbonyl (C=O) groups excluding carboxylic acids is 1. The number of amides is 1. The number of aromatic nitrogens is 3. The normalized spacial score (nSPS) is 10.7. The summed E-state index contributed by atoms with van der Waals surface area (Å²) in [7, 11) is 1.78. The highest BCUT2D eigenvalue weighted by Crippen LogP contribution is 2.26. The van der Waals surface area contributed by atoms with Gasteiger partial charge in [-0.3, -0.25) is 4.79 Å². The molecule has 26 heavy (non-hydrogen) atoms. The predicted molar refractivity (Wildman–Crippen MR) is 104 cm³/mol. The molecule has 0 saturated carbocycles. The summed E-state index contributed by atoms with van der Waals surface area (Å²) in [6.07, 6.45) is 2.91. The first kappa shape index (κ1) is 17.9. The lowest BCUT2D eigenvalue weighted by molar-refractivity contribution is 0.0995. The summed E-state index contributed by atoms with van der Waals surface area (Å²) in [5.41, 5.74) is 10.4. The van der Waals surface area contributed by atoms with Gasteiger partial charge in [0.05, 0.1) is 11.4 Å². The molecule has 134 valence electrons. The maximum atomic E-state index is 11.9. The molecule has 7 heteroatoms. The minimum atomic E-state index is -0.505. The van der Waals surface area contributed by atoms with Crippen LogP contribution in [0.2, 0.25) is 5.02 Å². The van der Waals surface area contributed by atoms with Crippen molar-refractivity contribution in [2.45, 2.75) is 19.8 Å². The van der Waals surface area contributed by atoms with Gasteiger partial charge < -0.3 is 16.0 Å². The van der Waals surface area contributed by atoms with Crippen LogP contribution >= 0.6 is 11.6 Å². The molecule has 0 aliphatic heterocycles. The maximum Gasteiger partial charge on any atom is 0.265 e. The van der Waals surface area contributed by atoms with Gasteiger partial charge in [0.1, 0.15) is 17.8 Å². The SMILES string of the molecule is CCc1ccc(Cl)cc1Cc1cc(-c2cc(NC)ncn2)[nH]c1C(N)=O. The molecule has 6 nitrogen and oxygen atoms in total. The van der Waals surface area contributed by atoms with E-state index in [1.54, 1.807) is 13.1 Å². The molecule has 1 aromatic carbocycles. The highest BCUT2D eigenvalue weighted by atomic mass is 35.5. The van der Waals surface area contributed by atoms with Crippen LogP contribution in [0.3, 0.4) is 0 Å². The van der Waals surface area contributed by atoms with Crippen LogP contribution in [0.5, 0.6) is 0 Å². The zero-order valence-corrected chi connectivity index (χ0v) is 15.4. The second-order valence-corrected chi connectivity index (χ2v) is 6.37. The molecule has 0 saturated heterocycles. The summed E-state index contributed by atoms with van der Waals surface area (Å²) in [4.78, 5) is 23.4. The molecule has 1 amide bonds. The van der Waals surface area contributed by atoms with Crippen LogP contribution in [0.25, 0.3) is 11.4 Å². The number of hydrogen-bond acceptors (Lipinski definition) is 4. The fourth-order valence-electron chi connectivity index (χ4n) is 2.95. The lowest BCUT2D eigenvalue weighted by atomic mass is 9.98. The Balaban J connectivity index is 2.03. The van der Waals surface area contributed by atoms with Crippen LogP contribution in [0.15, 0.2) is 36.7 Å². The molecule has 0 bridgehead atoms. The van der Waals surface area contributed by atoms with Crippen LogP contribution < -0.4 is 11.1 Å². The van der Waals surface area contributed by atoms with Gasteiger partial charge in [-0.2, -0.15) is 0 Å². The third kappa shape index (κ3) is 3.70. The van der Waals surface area contributed by atoms with Crippen molar-refractivity contribution >= 4 is 23.3 Å². The third-order valence-electron chi connectivity index (χ3n) is 4.28. The minimum absolute atomic E-state index is 0.381. The number of aryl methyl sites for hydroxylation is 1. The van der Waals surface area contributed by atoms with E-state index >= 15 is 0 Å². The van der Waals surface area contributed by atoms with Crippen LogP contribution in [0.4, 0.5) is 5.82 Å². The second kappa shape index (κ2) is 7.58. The molecule has 3 aromatic rings. The van der Waals surface area contributed by atoms with Crippen molar-refractivity contribution in [1.29, 1.82) is 0 Å². The molecule has 0 atom stereocenters. The highest BCUT2D eigenvalue weighted by molar-refractivity contribution is 6.30. The molecule has 2 heterocycles. The molecule has 3 rings (SSSR count). The third-order valence-corrected chi connectivity index (χ3v) is 4.51. The highest BCUT2D eigenvalue weighted by Gasteiger charge is 2.16. The number of halogens is 1. The van der Waals surface area contributed by atoms with Crippen molar-refractivity contribution in [1.82, 2.24) is 15.0 Å². The quantitative estimate of drug-likeness (QED) is 0.620. The first-order valence-corrected chi connectivity index (χ1v) is 8.68. The Kier molecular flexibility index (Phi) is 5.23. The number of carbonyl (C=O) groups is 1. The van der Waals surface area contributed by atoms with E-state index in [-0.39, 0.29) is 0 Å². The Morgan fingerprint density at radius 3 is 2.69 bits per heavy atom. The number of anilines is 1. The van der Waals surface area contributed by atoms with Gasteiger partial charge in [0.2, 0.25) is 0 Å². The molecular weight excluding hydrogens is 350 g/mol. The average Bonchev–Trinajstić information content (AvgIpc) is 3.06. The maximum absolute atomic E-state index is 11.9. The Morgan fingerprint density at radius 1 is 1.19 bits per heavy atom. The summed E-state index contributed by atoms with van der Waals surface area (Å²) in [6.45, 7) is 2.09. The Morgan fingerprint density at radius 2 is 2.00 bits per heavy atom. The van der Waals surface area contributed by atoms with Gasteiger partial charge in [-0.1, -0.05) is 24.6 Å². The van der Waals surface area contributed by atoms with E-state index in [1.165, 1.54) is 11.9 Å². The molecule has 2 aromatic heterocycles. The number of rotatable bonds is 6.